The highest BCUT2D eigenvalue weighted by Crippen LogP contribution is 2.39. The second kappa shape index (κ2) is 13.5. The van der Waals surface area contributed by atoms with Gasteiger partial charge in [-0.15, -0.1) is 0 Å². The van der Waals surface area contributed by atoms with Gasteiger partial charge in [-0.2, -0.15) is 0 Å². The van der Waals surface area contributed by atoms with E-state index in [9.17, 15) is 14.4 Å². The third-order valence-electron chi connectivity index (χ3n) is 7.46. The summed E-state index contributed by atoms with van der Waals surface area (Å²) < 4.78 is 6.63. The van der Waals surface area contributed by atoms with E-state index in [0.29, 0.717) is 17.1 Å². The van der Waals surface area contributed by atoms with Gasteiger partial charge in [0.05, 0.1) is 24.2 Å². The maximum absolute atomic E-state index is 13.9. The van der Waals surface area contributed by atoms with Gasteiger partial charge in [0.1, 0.15) is 23.7 Å². The second-order valence-electron chi connectivity index (χ2n) is 10.2. The van der Waals surface area contributed by atoms with Gasteiger partial charge in [0, 0.05) is 22.6 Å². The molecule has 5 rings (SSSR count). The summed E-state index contributed by atoms with van der Waals surface area (Å²) in [5.41, 5.74) is 3.08. The molecule has 4 N–H and O–H groups in total. The number of imidazole rings is 1. The number of urea groups is 1. The first kappa shape index (κ1) is 30.4. The summed E-state index contributed by atoms with van der Waals surface area (Å²) in [7, 11) is 0. The SMILES string of the molecule is C[C@@H](c1ccccc1)[C@@H](c1nc2ccc(I)cc2[nH]1)N1C(=O)N[C@H](c2ccc(OCC(=O)N(CCO)CCO)cc2)C1=O. The Morgan fingerprint density at radius 3 is 2.42 bits per heavy atom. The van der Waals surface area contributed by atoms with Crippen LogP contribution in [-0.2, 0) is 9.59 Å². The fourth-order valence-corrected chi connectivity index (χ4v) is 5.73. The molecule has 4 amide bonds. The Kier molecular flexibility index (Phi) is 9.58. The molecule has 0 bridgehead atoms. The number of halogens is 1. The molecule has 1 aliphatic heterocycles. The monoisotopic (exact) mass is 697 g/mol. The Morgan fingerprint density at radius 2 is 1.74 bits per heavy atom. The number of carbonyl (C=O) groups excluding carboxylic acids is 3. The van der Waals surface area contributed by atoms with E-state index in [1.54, 1.807) is 24.3 Å². The predicted octanol–water partition coefficient (Wildman–Crippen LogP) is 3.50. The molecule has 3 aromatic carbocycles. The summed E-state index contributed by atoms with van der Waals surface area (Å²) in [5.74, 6) is -0.132. The predicted molar refractivity (Wildman–Crippen MR) is 167 cm³/mol. The van der Waals surface area contributed by atoms with Crippen LogP contribution in [0.3, 0.4) is 0 Å². The van der Waals surface area contributed by atoms with Crippen molar-refractivity contribution < 1.29 is 29.3 Å². The maximum atomic E-state index is 13.9. The number of hydrogen-bond acceptors (Lipinski definition) is 7. The van der Waals surface area contributed by atoms with Crippen LogP contribution in [0.1, 0.15) is 41.9 Å². The first-order valence-electron chi connectivity index (χ1n) is 13.9. The number of aromatic amines is 1. The number of H-pyrrole nitrogens is 1. The lowest BCUT2D eigenvalue weighted by molar-refractivity contribution is -0.134. The number of aliphatic hydroxyl groups excluding tert-OH is 2. The van der Waals surface area contributed by atoms with Crippen molar-refractivity contribution >= 4 is 51.5 Å². The highest BCUT2D eigenvalue weighted by atomic mass is 127. The smallest absolute Gasteiger partial charge is 0.325 e. The van der Waals surface area contributed by atoms with Gasteiger partial charge in [0.2, 0.25) is 0 Å². The van der Waals surface area contributed by atoms with Gasteiger partial charge in [0.25, 0.3) is 11.8 Å². The average Bonchev–Trinajstić information content (AvgIpc) is 3.56. The lowest BCUT2D eigenvalue weighted by Crippen LogP contribution is -2.38. The van der Waals surface area contributed by atoms with Crippen LogP contribution in [0.25, 0.3) is 11.0 Å². The number of nitrogens with one attached hydrogen (secondary N) is 2. The molecule has 4 aromatic rings. The van der Waals surface area contributed by atoms with E-state index in [1.165, 1.54) is 9.80 Å². The standard InChI is InChI=1S/C31H32IN5O6/c1-19(20-5-3-2-4-6-20)28(29-33-24-12-9-22(32)17-25(24)34-29)37-30(41)27(35-31(37)42)21-7-10-23(11-8-21)43-18-26(40)36(13-15-38)14-16-39/h2-12,17,19,27-28,38-39H,13-16,18H2,1H3,(H,33,34)(H,35,42)/t19-,27+,28-/m0/s1. The third kappa shape index (κ3) is 6.65. The first-order chi connectivity index (χ1) is 20.8. The minimum atomic E-state index is -0.913. The molecule has 0 aliphatic carbocycles. The molecule has 1 aromatic heterocycles. The number of imide groups is 1. The van der Waals surface area contributed by atoms with Gasteiger partial charge in [-0.25, -0.2) is 9.78 Å². The minimum absolute atomic E-state index is 0.0961. The molecule has 2 heterocycles. The molecule has 12 heteroatoms. The van der Waals surface area contributed by atoms with Crippen molar-refractivity contribution in [3.63, 3.8) is 0 Å². The van der Waals surface area contributed by atoms with Crippen molar-refractivity contribution in [1.29, 1.82) is 0 Å². The van der Waals surface area contributed by atoms with Crippen molar-refractivity contribution in [2.24, 2.45) is 0 Å². The molecule has 1 aliphatic rings. The molecule has 1 saturated heterocycles. The molecule has 43 heavy (non-hydrogen) atoms. The van der Waals surface area contributed by atoms with E-state index in [2.05, 4.69) is 32.9 Å². The summed E-state index contributed by atoms with van der Waals surface area (Å²) in [6, 6.07) is 20.0. The average molecular weight is 698 g/mol. The Morgan fingerprint density at radius 1 is 1.05 bits per heavy atom. The molecular weight excluding hydrogens is 665 g/mol. The van der Waals surface area contributed by atoms with Gasteiger partial charge in [-0.05, 0) is 64.0 Å². The molecule has 0 saturated carbocycles. The van der Waals surface area contributed by atoms with E-state index in [-0.39, 0.29) is 44.7 Å². The maximum Gasteiger partial charge on any atom is 0.325 e. The Bertz CT molecular complexity index is 1590. The van der Waals surface area contributed by atoms with E-state index < -0.39 is 24.0 Å². The highest BCUT2D eigenvalue weighted by Gasteiger charge is 2.46. The lowest BCUT2D eigenvalue weighted by atomic mass is 9.91. The van der Waals surface area contributed by atoms with Gasteiger partial charge in [-0.1, -0.05) is 49.4 Å². The van der Waals surface area contributed by atoms with E-state index in [4.69, 9.17) is 19.9 Å². The van der Waals surface area contributed by atoms with Crippen LogP contribution in [0, 0.1) is 3.57 Å². The quantitative estimate of drug-likeness (QED) is 0.131. The highest BCUT2D eigenvalue weighted by molar-refractivity contribution is 14.1. The summed E-state index contributed by atoms with van der Waals surface area (Å²) in [5, 5.41) is 21.1. The largest absolute Gasteiger partial charge is 0.484 e. The number of rotatable bonds is 12. The van der Waals surface area contributed by atoms with Crippen LogP contribution in [0.15, 0.2) is 72.8 Å². The van der Waals surface area contributed by atoms with Gasteiger partial charge >= 0.3 is 6.03 Å². The molecule has 11 nitrogen and oxygen atoms in total. The summed E-state index contributed by atoms with van der Waals surface area (Å²) in [4.78, 5) is 50.4. The van der Waals surface area contributed by atoms with Crippen LogP contribution >= 0.6 is 22.6 Å². The Hall–Kier alpha value is -4.01. The van der Waals surface area contributed by atoms with Crippen LogP contribution in [0.4, 0.5) is 4.79 Å². The number of carbonyl (C=O) groups is 3. The summed E-state index contributed by atoms with van der Waals surface area (Å²) >= 11 is 2.23. The summed E-state index contributed by atoms with van der Waals surface area (Å²) in [6.45, 7) is 1.44. The lowest BCUT2D eigenvalue weighted by Gasteiger charge is -2.29. The van der Waals surface area contributed by atoms with Gasteiger partial charge in [0.15, 0.2) is 6.61 Å². The van der Waals surface area contributed by atoms with Crippen LogP contribution in [0.5, 0.6) is 5.75 Å². The van der Waals surface area contributed by atoms with Crippen LogP contribution in [0.2, 0.25) is 0 Å². The molecular formula is C31H32IN5O6. The number of benzene rings is 3. The number of fused-ring (bicyclic) bond motifs is 1. The van der Waals surface area contributed by atoms with Gasteiger partial charge in [-0.3, -0.25) is 14.5 Å². The van der Waals surface area contributed by atoms with Crippen LogP contribution in [-0.4, -0.2) is 80.7 Å². The molecule has 0 radical (unpaired) electrons. The van der Waals surface area contributed by atoms with Crippen LogP contribution < -0.4 is 10.1 Å². The number of aromatic nitrogens is 2. The first-order valence-corrected chi connectivity index (χ1v) is 14.9. The molecule has 1 fully saturated rings. The van der Waals surface area contributed by atoms with E-state index >= 15 is 0 Å². The zero-order valence-electron chi connectivity index (χ0n) is 23.4. The fraction of sp³-hybridized carbons (Fsp3) is 0.290. The Labute approximate surface area is 262 Å². The number of hydrogen-bond donors (Lipinski definition) is 4. The molecule has 3 atom stereocenters. The van der Waals surface area contributed by atoms with E-state index in [0.717, 1.165) is 20.2 Å². The zero-order valence-corrected chi connectivity index (χ0v) is 25.6. The third-order valence-corrected chi connectivity index (χ3v) is 8.13. The van der Waals surface area contributed by atoms with Crippen molar-refractivity contribution in [3.8, 4) is 5.75 Å². The number of aliphatic hydroxyl groups is 2. The fourth-order valence-electron chi connectivity index (χ4n) is 5.24. The molecule has 0 unspecified atom stereocenters. The van der Waals surface area contributed by atoms with Crippen molar-refractivity contribution in [2.75, 3.05) is 32.9 Å². The number of amides is 4. The van der Waals surface area contributed by atoms with Gasteiger partial charge < -0.3 is 30.2 Å². The minimum Gasteiger partial charge on any atom is -0.484 e. The Balaban J connectivity index is 1.37. The number of ether oxygens (including phenoxy) is 1. The molecule has 0 spiro atoms. The topological polar surface area (TPSA) is 148 Å². The van der Waals surface area contributed by atoms with Crippen molar-refractivity contribution in [2.45, 2.75) is 24.9 Å². The summed E-state index contributed by atoms with van der Waals surface area (Å²) in [6.07, 6.45) is 0. The van der Waals surface area contributed by atoms with Crippen molar-refractivity contribution in [3.05, 3.63) is 93.3 Å². The van der Waals surface area contributed by atoms with E-state index in [1.807, 2.05) is 55.5 Å². The second-order valence-corrected chi connectivity index (χ2v) is 11.4. The molecule has 224 valence electrons. The number of nitrogens with zero attached hydrogens (tertiary/aromatic N) is 3. The van der Waals surface area contributed by atoms with Crippen molar-refractivity contribution in [1.82, 2.24) is 25.1 Å². The normalized spacial score (nSPS) is 16.3. The zero-order chi connectivity index (χ0) is 30.5.